The molecule has 0 spiro atoms. The van der Waals surface area contributed by atoms with Crippen LogP contribution in [0.5, 0.6) is 11.5 Å². The Morgan fingerprint density at radius 3 is 1.36 bits per heavy atom. The van der Waals surface area contributed by atoms with Crippen molar-refractivity contribution in [3.63, 3.8) is 0 Å². The fourth-order valence-corrected chi connectivity index (χ4v) is 14.1. The second-order valence-electron chi connectivity index (χ2n) is 17.8. The van der Waals surface area contributed by atoms with Gasteiger partial charge in [0.1, 0.15) is 57.3 Å². The van der Waals surface area contributed by atoms with Crippen LogP contribution in [-0.4, -0.2) is 71.7 Å². The fourth-order valence-electron chi connectivity index (χ4n) is 9.88. The average molecular weight is 975 g/mol. The van der Waals surface area contributed by atoms with Gasteiger partial charge in [-0.3, -0.25) is 9.80 Å². The third-order valence-corrected chi connectivity index (χ3v) is 18.2. The molecule has 2 fully saturated rings. The summed E-state index contributed by atoms with van der Waals surface area (Å²) >= 11 is 2.18. The van der Waals surface area contributed by atoms with Crippen LogP contribution in [0.1, 0.15) is 109 Å². The molecule has 4 aliphatic heterocycles. The summed E-state index contributed by atoms with van der Waals surface area (Å²) in [7, 11) is -7.09. The summed E-state index contributed by atoms with van der Waals surface area (Å²) in [5, 5.41) is 0.937. The lowest BCUT2D eigenvalue weighted by atomic mass is 9.85. The van der Waals surface area contributed by atoms with Crippen molar-refractivity contribution in [2.45, 2.75) is 97.8 Å². The van der Waals surface area contributed by atoms with Crippen molar-refractivity contribution in [2.24, 2.45) is 11.8 Å². The van der Waals surface area contributed by atoms with E-state index in [2.05, 4.69) is 42.4 Å². The van der Waals surface area contributed by atoms with E-state index in [0.717, 1.165) is 96.9 Å². The number of ether oxygens (including phenoxy) is 2. The van der Waals surface area contributed by atoms with Gasteiger partial charge in [-0.05, 0) is 133 Å². The van der Waals surface area contributed by atoms with E-state index in [4.69, 9.17) is 9.47 Å². The molecule has 6 heterocycles. The van der Waals surface area contributed by atoms with Gasteiger partial charge in [-0.1, -0.05) is 50.2 Å². The third-order valence-electron chi connectivity index (χ3n) is 13.3. The van der Waals surface area contributed by atoms with Crippen molar-refractivity contribution in [3.8, 4) is 11.5 Å². The first-order chi connectivity index (χ1) is 31.8. The molecule has 4 aromatic carbocycles. The molecule has 4 aliphatic rings. The molecule has 66 heavy (non-hydrogen) atoms. The summed E-state index contributed by atoms with van der Waals surface area (Å²) in [5.41, 5.74) is 4.26. The Morgan fingerprint density at radius 2 is 0.985 bits per heavy atom. The summed E-state index contributed by atoms with van der Waals surface area (Å²) in [6, 6.07) is 24.7. The van der Waals surface area contributed by atoms with Crippen LogP contribution in [0.15, 0.2) is 107 Å². The SMILES string of the molecule is C[C@H]1CCN([C@@H]2CCOc3cc(S(=O)(=O)Cc4ncns4)ccc32)[C@@H](c2ccc(F)cc2)C1.C[C@H]1CCN([C@H]2CCOc3cc(S(=O)(=O)Cc4ncns4)ccc32)[C@@H](c2ccc(F)cc2)C1. The maximum atomic E-state index is 13.5. The molecule has 6 atom stereocenters. The molecule has 2 aromatic heterocycles. The summed E-state index contributed by atoms with van der Waals surface area (Å²) in [5.74, 6) is 1.63. The number of halogens is 2. The minimum atomic E-state index is -3.55. The van der Waals surface area contributed by atoms with Gasteiger partial charge >= 0.3 is 0 Å². The van der Waals surface area contributed by atoms with E-state index in [1.807, 2.05) is 36.4 Å². The molecule has 0 saturated carbocycles. The normalized spacial score (nSPS) is 23.6. The van der Waals surface area contributed by atoms with Crippen molar-refractivity contribution in [2.75, 3.05) is 26.3 Å². The van der Waals surface area contributed by atoms with Gasteiger partial charge in [-0.25, -0.2) is 35.6 Å². The third kappa shape index (κ3) is 10.4. The van der Waals surface area contributed by atoms with E-state index in [1.165, 1.54) is 36.9 Å². The highest BCUT2D eigenvalue weighted by atomic mass is 32.2. The molecule has 6 aromatic rings. The molecule has 0 amide bonds. The topological polar surface area (TPSA) is 145 Å². The first-order valence-electron chi connectivity index (χ1n) is 22.3. The van der Waals surface area contributed by atoms with Gasteiger partial charge in [-0.15, -0.1) is 0 Å². The van der Waals surface area contributed by atoms with Crippen LogP contribution in [0.4, 0.5) is 8.78 Å². The maximum absolute atomic E-state index is 13.5. The zero-order valence-corrected chi connectivity index (χ0v) is 40.0. The van der Waals surface area contributed by atoms with Gasteiger partial charge in [-0.2, -0.15) is 8.75 Å². The molecular weight excluding hydrogens is 923 g/mol. The maximum Gasteiger partial charge on any atom is 0.185 e. The summed E-state index contributed by atoms with van der Waals surface area (Å²) in [6.07, 6.45) is 8.60. The highest BCUT2D eigenvalue weighted by molar-refractivity contribution is 7.91. The predicted octanol–water partition coefficient (Wildman–Crippen LogP) is 9.90. The van der Waals surface area contributed by atoms with Gasteiger partial charge in [0.05, 0.1) is 23.0 Å². The molecule has 0 unspecified atom stereocenters. The first kappa shape index (κ1) is 46.4. The molecule has 2 saturated heterocycles. The smallest absolute Gasteiger partial charge is 0.185 e. The lowest BCUT2D eigenvalue weighted by Gasteiger charge is -2.45. The van der Waals surface area contributed by atoms with Gasteiger partial charge in [0.2, 0.25) is 0 Å². The quantitative estimate of drug-likeness (QED) is 0.129. The second-order valence-corrected chi connectivity index (χ2v) is 23.5. The molecule has 348 valence electrons. The lowest BCUT2D eigenvalue weighted by Crippen LogP contribution is -2.40. The highest BCUT2D eigenvalue weighted by Crippen LogP contribution is 2.47. The van der Waals surface area contributed by atoms with Crippen LogP contribution in [0, 0.1) is 23.5 Å². The van der Waals surface area contributed by atoms with Gasteiger partial charge < -0.3 is 9.47 Å². The number of likely N-dealkylation sites (tertiary alicyclic amines) is 2. The van der Waals surface area contributed by atoms with Crippen molar-refractivity contribution >= 4 is 42.7 Å². The van der Waals surface area contributed by atoms with Crippen LogP contribution in [0.25, 0.3) is 0 Å². The molecule has 0 bridgehead atoms. The van der Waals surface area contributed by atoms with Gasteiger partial charge in [0.15, 0.2) is 19.7 Å². The number of sulfone groups is 2. The van der Waals surface area contributed by atoms with Crippen molar-refractivity contribution in [3.05, 3.63) is 141 Å². The molecule has 10 rings (SSSR count). The molecule has 0 aliphatic carbocycles. The number of piperidine rings is 2. The van der Waals surface area contributed by atoms with Crippen molar-refractivity contribution < 1.29 is 35.1 Å². The minimum absolute atomic E-state index is 0.121. The zero-order valence-electron chi connectivity index (χ0n) is 36.7. The molecular formula is C48H52F2N6O6S4. The largest absolute Gasteiger partial charge is 0.493 e. The number of rotatable bonds is 10. The van der Waals surface area contributed by atoms with Crippen LogP contribution in [0.3, 0.4) is 0 Å². The van der Waals surface area contributed by atoms with Crippen LogP contribution in [0.2, 0.25) is 0 Å². The van der Waals surface area contributed by atoms with E-state index in [9.17, 15) is 25.6 Å². The molecule has 12 nitrogen and oxygen atoms in total. The highest BCUT2D eigenvalue weighted by Gasteiger charge is 2.38. The minimum Gasteiger partial charge on any atom is -0.493 e. The molecule has 18 heteroatoms. The van der Waals surface area contributed by atoms with E-state index in [1.54, 1.807) is 24.3 Å². The number of hydrogen-bond acceptors (Lipinski definition) is 14. The van der Waals surface area contributed by atoms with Gasteiger partial charge in [0, 0.05) is 48.1 Å². The monoisotopic (exact) mass is 974 g/mol. The van der Waals surface area contributed by atoms with Crippen molar-refractivity contribution in [1.82, 2.24) is 28.5 Å². The van der Waals surface area contributed by atoms with E-state index in [0.29, 0.717) is 46.6 Å². The number of benzene rings is 4. The molecule has 0 radical (unpaired) electrons. The Bertz CT molecular complexity index is 2630. The Hall–Kier alpha value is -4.72. The number of hydrogen-bond donors (Lipinski definition) is 0. The van der Waals surface area contributed by atoms with E-state index < -0.39 is 19.7 Å². The fraction of sp³-hybridized carbons (Fsp3) is 0.417. The summed E-state index contributed by atoms with van der Waals surface area (Å²) in [6.45, 7) is 7.45. The van der Waals surface area contributed by atoms with E-state index in [-0.39, 0.29) is 57.1 Å². The number of aromatic nitrogens is 4. The summed E-state index contributed by atoms with van der Waals surface area (Å²) < 4.78 is 98.4. The van der Waals surface area contributed by atoms with Crippen LogP contribution >= 0.6 is 23.1 Å². The van der Waals surface area contributed by atoms with E-state index >= 15 is 0 Å². The average Bonchev–Trinajstić information content (AvgIpc) is 4.03. The van der Waals surface area contributed by atoms with Gasteiger partial charge in [0.25, 0.3) is 0 Å². The second kappa shape index (κ2) is 19.9. The Balaban J connectivity index is 0.000000166. The Labute approximate surface area is 393 Å². The van der Waals surface area contributed by atoms with Crippen LogP contribution in [-0.2, 0) is 31.2 Å². The number of fused-ring (bicyclic) bond motifs is 2. The molecule has 0 N–H and O–H groups in total. The summed E-state index contributed by atoms with van der Waals surface area (Å²) in [4.78, 5) is 13.5. The van der Waals surface area contributed by atoms with Crippen LogP contribution < -0.4 is 9.47 Å². The first-order valence-corrected chi connectivity index (χ1v) is 27.2. The lowest BCUT2D eigenvalue weighted by molar-refractivity contribution is 0.0487. The Morgan fingerprint density at radius 1 is 0.576 bits per heavy atom. The standard InChI is InChI=1S/2C24H26FN3O3S2/c2*1-16-8-10-28(22(12-16)17-2-4-18(25)5-3-17)21-9-11-31-23-13-19(6-7-20(21)23)33(29,30)14-24-26-15-27-32-24/h2*2-7,13,15-16,21-22H,8-12,14H2,1H3/t16-,21+,22+;16-,21-,22+/m00/s1. The number of nitrogens with zero attached hydrogens (tertiary/aromatic N) is 6. The zero-order chi connectivity index (χ0) is 46.0. The Kier molecular flexibility index (Phi) is 14.0. The van der Waals surface area contributed by atoms with Crippen molar-refractivity contribution in [1.29, 1.82) is 0 Å². The predicted molar refractivity (Wildman–Crippen MR) is 249 cm³/mol.